The van der Waals surface area contributed by atoms with Crippen LogP contribution in [-0.4, -0.2) is 51.8 Å². The topological polar surface area (TPSA) is 187 Å². The molecule has 0 aromatic carbocycles. The van der Waals surface area contributed by atoms with E-state index in [9.17, 15) is 19.2 Å². The summed E-state index contributed by atoms with van der Waals surface area (Å²) >= 11 is 0. The van der Waals surface area contributed by atoms with Crippen LogP contribution in [-0.2, 0) is 19.2 Å². The van der Waals surface area contributed by atoms with Gasteiger partial charge in [-0.1, -0.05) is 0 Å². The fraction of sp³-hybridized carbons (Fsp3) is 0.556. The van der Waals surface area contributed by atoms with E-state index in [4.69, 9.17) is 27.4 Å². The number of carboxylic acids is 2. The molecule has 102 valence electrons. The van der Waals surface area contributed by atoms with E-state index >= 15 is 0 Å². The molecular weight excluding hydrogens is 246 g/mol. The second kappa shape index (κ2) is 6.79. The van der Waals surface area contributed by atoms with Crippen molar-refractivity contribution >= 4 is 23.5 Å². The average Bonchev–Trinajstić information content (AvgIpc) is 2.27. The highest BCUT2D eigenvalue weighted by Gasteiger charge is 2.28. The molecule has 0 spiro atoms. The van der Waals surface area contributed by atoms with E-state index in [1.807, 2.05) is 0 Å². The molecule has 0 aliphatic heterocycles. The third-order valence-corrected chi connectivity index (χ3v) is 2.17. The standard InChI is InChI=1S/C9H15N3O6/c10-3(8(15)16)1-5(13)7(12)6(14)2-4(11)9(17)18/h3-4,7H,1-2,10-12H2,(H,15,16)(H,17,18). The summed E-state index contributed by atoms with van der Waals surface area (Å²) in [6, 6.07) is -4.52. The maximum Gasteiger partial charge on any atom is 0.320 e. The van der Waals surface area contributed by atoms with Crippen LogP contribution in [0.5, 0.6) is 0 Å². The van der Waals surface area contributed by atoms with Gasteiger partial charge in [0.25, 0.3) is 0 Å². The van der Waals surface area contributed by atoms with Crippen LogP contribution in [0.1, 0.15) is 12.8 Å². The first kappa shape index (κ1) is 16.2. The van der Waals surface area contributed by atoms with Crippen LogP contribution in [0.25, 0.3) is 0 Å². The first-order valence-electron chi connectivity index (χ1n) is 4.94. The van der Waals surface area contributed by atoms with E-state index in [0.717, 1.165) is 0 Å². The summed E-state index contributed by atoms with van der Waals surface area (Å²) in [5.74, 6) is -4.53. The third-order valence-electron chi connectivity index (χ3n) is 2.17. The average molecular weight is 261 g/mol. The molecule has 9 heteroatoms. The molecule has 0 amide bonds. The minimum absolute atomic E-state index is 0.607. The number of hydrogen-bond donors (Lipinski definition) is 5. The Morgan fingerprint density at radius 3 is 1.28 bits per heavy atom. The van der Waals surface area contributed by atoms with Crippen LogP contribution >= 0.6 is 0 Å². The molecule has 2 unspecified atom stereocenters. The molecule has 0 bridgehead atoms. The zero-order chi connectivity index (χ0) is 14.5. The van der Waals surface area contributed by atoms with Gasteiger partial charge in [-0.2, -0.15) is 0 Å². The van der Waals surface area contributed by atoms with E-state index in [0.29, 0.717) is 0 Å². The quantitative estimate of drug-likeness (QED) is 0.285. The molecular formula is C9H15N3O6. The van der Waals surface area contributed by atoms with Crippen molar-refractivity contribution in [1.82, 2.24) is 0 Å². The van der Waals surface area contributed by atoms with Gasteiger partial charge in [0, 0.05) is 12.8 Å². The van der Waals surface area contributed by atoms with E-state index < -0.39 is 54.5 Å². The van der Waals surface area contributed by atoms with Gasteiger partial charge in [-0.05, 0) is 0 Å². The summed E-state index contributed by atoms with van der Waals surface area (Å²) in [5.41, 5.74) is 15.5. The van der Waals surface area contributed by atoms with Crippen LogP contribution in [0.3, 0.4) is 0 Å². The number of aliphatic carboxylic acids is 2. The van der Waals surface area contributed by atoms with Crippen molar-refractivity contribution in [3.63, 3.8) is 0 Å². The van der Waals surface area contributed by atoms with Gasteiger partial charge in [-0.25, -0.2) is 0 Å². The predicted octanol–water partition coefficient (Wildman–Crippen LogP) is -2.94. The van der Waals surface area contributed by atoms with Crippen molar-refractivity contribution in [1.29, 1.82) is 0 Å². The monoisotopic (exact) mass is 261 g/mol. The zero-order valence-corrected chi connectivity index (χ0v) is 9.41. The van der Waals surface area contributed by atoms with Crippen molar-refractivity contribution in [3.05, 3.63) is 0 Å². The van der Waals surface area contributed by atoms with Gasteiger partial charge >= 0.3 is 11.9 Å². The highest BCUT2D eigenvalue weighted by Crippen LogP contribution is 2.00. The number of rotatable bonds is 8. The van der Waals surface area contributed by atoms with Crippen LogP contribution < -0.4 is 17.2 Å². The van der Waals surface area contributed by atoms with Crippen molar-refractivity contribution in [2.75, 3.05) is 0 Å². The summed E-state index contributed by atoms with van der Waals surface area (Å²) < 4.78 is 0. The van der Waals surface area contributed by atoms with Gasteiger partial charge in [-0.15, -0.1) is 0 Å². The molecule has 0 aliphatic rings. The summed E-state index contributed by atoms with van der Waals surface area (Å²) in [7, 11) is 0. The lowest BCUT2D eigenvalue weighted by Crippen LogP contribution is -2.46. The van der Waals surface area contributed by atoms with Crippen LogP contribution in [0, 0.1) is 0 Å². The second-order valence-corrected chi connectivity index (χ2v) is 3.71. The Kier molecular flexibility index (Phi) is 6.09. The van der Waals surface area contributed by atoms with E-state index in [-0.39, 0.29) is 0 Å². The largest absolute Gasteiger partial charge is 0.480 e. The third kappa shape index (κ3) is 4.99. The van der Waals surface area contributed by atoms with Crippen LogP contribution in [0.4, 0.5) is 0 Å². The van der Waals surface area contributed by atoms with E-state index in [1.54, 1.807) is 0 Å². The van der Waals surface area contributed by atoms with Gasteiger partial charge in [0.15, 0.2) is 11.6 Å². The molecule has 8 N–H and O–H groups in total. The number of ketones is 2. The Bertz CT molecular complexity index is 335. The lowest BCUT2D eigenvalue weighted by molar-refractivity contribution is -0.142. The number of nitrogens with two attached hydrogens (primary N) is 3. The van der Waals surface area contributed by atoms with Crippen molar-refractivity contribution < 1.29 is 29.4 Å². The first-order valence-corrected chi connectivity index (χ1v) is 4.94. The molecule has 0 saturated carbocycles. The molecule has 0 fully saturated rings. The van der Waals surface area contributed by atoms with Gasteiger partial charge in [-0.3, -0.25) is 19.2 Å². The molecule has 0 rings (SSSR count). The normalized spacial score (nSPS) is 15.5. The molecule has 0 aliphatic carbocycles. The molecule has 0 heterocycles. The number of hydrogen-bond acceptors (Lipinski definition) is 7. The van der Waals surface area contributed by atoms with E-state index in [2.05, 4.69) is 0 Å². The maximum absolute atomic E-state index is 11.4. The van der Waals surface area contributed by atoms with Crippen LogP contribution in [0.2, 0.25) is 0 Å². The highest BCUT2D eigenvalue weighted by atomic mass is 16.4. The van der Waals surface area contributed by atoms with Gasteiger partial charge < -0.3 is 27.4 Å². The Balaban J connectivity index is 4.42. The molecule has 18 heavy (non-hydrogen) atoms. The van der Waals surface area contributed by atoms with Crippen LogP contribution in [0.15, 0.2) is 0 Å². The Labute approximate surface area is 102 Å². The number of carbonyl (C=O) groups excluding carboxylic acids is 2. The SMILES string of the molecule is NC(CC(=O)C(N)C(=O)CC(N)C(=O)O)C(=O)O. The number of Topliss-reactive ketones (excluding diaryl/α,β-unsaturated/α-hetero) is 2. The minimum Gasteiger partial charge on any atom is -0.480 e. The van der Waals surface area contributed by atoms with Crippen molar-refractivity contribution in [3.8, 4) is 0 Å². The van der Waals surface area contributed by atoms with Crippen molar-refractivity contribution in [2.45, 2.75) is 31.0 Å². The summed E-state index contributed by atoms with van der Waals surface area (Å²) in [5, 5.41) is 16.9. The Hall–Kier alpha value is -1.84. The summed E-state index contributed by atoms with van der Waals surface area (Å²) in [6.45, 7) is 0. The molecule has 0 aromatic heterocycles. The fourth-order valence-electron chi connectivity index (χ4n) is 1.04. The summed E-state index contributed by atoms with van der Waals surface area (Å²) in [6.07, 6.45) is -1.21. The molecule has 0 saturated heterocycles. The molecule has 0 aromatic rings. The summed E-state index contributed by atoms with van der Waals surface area (Å²) in [4.78, 5) is 43.5. The van der Waals surface area contributed by atoms with Gasteiger partial charge in [0.2, 0.25) is 0 Å². The highest BCUT2D eigenvalue weighted by molar-refractivity contribution is 6.08. The Morgan fingerprint density at radius 1 is 0.778 bits per heavy atom. The first-order chi connectivity index (χ1) is 8.16. The molecule has 2 atom stereocenters. The van der Waals surface area contributed by atoms with Gasteiger partial charge in [0.05, 0.1) is 0 Å². The maximum atomic E-state index is 11.4. The number of carbonyl (C=O) groups is 4. The lowest BCUT2D eigenvalue weighted by Gasteiger charge is -2.12. The zero-order valence-electron chi connectivity index (χ0n) is 9.41. The van der Waals surface area contributed by atoms with Gasteiger partial charge in [0.1, 0.15) is 18.1 Å². The smallest absolute Gasteiger partial charge is 0.320 e. The lowest BCUT2D eigenvalue weighted by atomic mass is 9.98. The van der Waals surface area contributed by atoms with Crippen molar-refractivity contribution in [2.24, 2.45) is 17.2 Å². The molecule has 0 radical (unpaired) electrons. The Morgan fingerprint density at radius 2 is 1.06 bits per heavy atom. The molecule has 9 nitrogen and oxygen atoms in total. The van der Waals surface area contributed by atoms with E-state index in [1.165, 1.54) is 0 Å². The predicted molar refractivity (Wildman–Crippen MR) is 58.4 cm³/mol. The number of carboxylic acid groups (broad SMARTS) is 2. The fourth-order valence-corrected chi connectivity index (χ4v) is 1.04. The second-order valence-electron chi connectivity index (χ2n) is 3.71. The minimum atomic E-state index is -1.61.